The van der Waals surface area contributed by atoms with Gasteiger partial charge in [0.25, 0.3) is 0 Å². The Balaban J connectivity index is 1.66. The van der Waals surface area contributed by atoms with E-state index in [0.717, 1.165) is 24.8 Å². The summed E-state index contributed by atoms with van der Waals surface area (Å²) >= 11 is 5.16. The van der Waals surface area contributed by atoms with Gasteiger partial charge in [0.15, 0.2) is 16.6 Å². The normalized spacial score (nSPS) is 15.5. The van der Waals surface area contributed by atoms with E-state index >= 15 is 0 Å². The van der Waals surface area contributed by atoms with Gasteiger partial charge in [0, 0.05) is 13.0 Å². The fourth-order valence-corrected chi connectivity index (χ4v) is 2.83. The molecule has 136 valence electrons. The Kier molecular flexibility index (Phi) is 7.53. The first-order chi connectivity index (χ1) is 12.1. The van der Waals surface area contributed by atoms with Crippen LogP contribution >= 0.6 is 12.2 Å². The summed E-state index contributed by atoms with van der Waals surface area (Å²) in [6.07, 6.45) is 7.56. The molecule has 1 aliphatic carbocycles. The second-order valence-corrected chi connectivity index (χ2v) is 6.25. The quantitative estimate of drug-likeness (QED) is 0.391. The molecule has 0 fully saturated rings. The molecule has 0 spiro atoms. The molecule has 2 rings (SSSR count). The number of nitrogens with one attached hydrogen (secondary N) is 3. The maximum absolute atomic E-state index is 11.8. The van der Waals surface area contributed by atoms with Crippen LogP contribution < -0.4 is 25.6 Å². The first-order valence-electron chi connectivity index (χ1n) is 8.32. The minimum atomic E-state index is -0.0550. The number of thiocarbonyl (C=S) groups is 1. The van der Waals surface area contributed by atoms with Crippen molar-refractivity contribution in [1.82, 2.24) is 16.2 Å². The van der Waals surface area contributed by atoms with Crippen LogP contribution in [0, 0.1) is 5.92 Å². The van der Waals surface area contributed by atoms with E-state index in [1.54, 1.807) is 14.2 Å². The summed E-state index contributed by atoms with van der Waals surface area (Å²) < 4.78 is 10.5. The van der Waals surface area contributed by atoms with Crippen molar-refractivity contribution in [2.45, 2.75) is 25.7 Å². The van der Waals surface area contributed by atoms with Crippen molar-refractivity contribution in [2.24, 2.45) is 5.92 Å². The summed E-state index contributed by atoms with van der Waals surface area (Å²) in [5, 5.41) is 3.46. The summed E-state index contributed by atoms with van der Waals surface area (Å²) in [6, 6.07) is 5.80. The molecule has 1 aromatic carbocycles. The number of methoxy groups -OCH3 is 2. The number of amides is 1. The molecule has 25 heavy (non-hydrogen) atoms. The standard InChI is InChI=1S/C18H25N3O3S/c1-23-15-8-7-14(11-16(15)24-2)9-10-19-18(25)21-20-17(22)12-13-5-3-4-6-13/h3,5,7-8,11,13H,4,6,9-10,12H2,1-2H3,(H,20,22)(H2,19,21,25)/t13-/m1/s1. The molecule has 3 N–H and O–H groups in total. The van der Waals surface area contributed by atoms with Crippen LogP contribution in [-0.4, -0.2) is 31.8 Å². The van der Waals surface area contributed by atoms with Crippen molar-refractivity contribution in [3.8, 4) is 11.5 Å². The number of rotatable bonds is 7. The Morgan fingerprint density at radius 3 is 2.72 bits per heavy atom. The van der Waals surface area contributed by atoms with Gasteiger partial charge in [-0.05, 0) is 55.1 Å². The second kappa shape index (κ2) is 9.88. The fourth-order valence-electron chi connectivity index (χ4n) is 2.68. The molecule has 6 nitrogen and oxygen atoms in total. The van der Waals surface area contributed by atoms with Gasteiger partial charge < -0.3 is 14.8 Å². The molecule has 1 atom stereocenters. The van der Waals surface area contributed by atoms with Gasteiger partial charge in [0.1, 0.15) is 0 Å². The zero-order valence-electron chi connectivity index (χ0n) is 14.6. The lowest BCUT2D eigenvalue weighted by Gasteiger charge is -2.13. The van der Waals surface area contributed by atoms with E-state index < -0.39 is 0 Å². The molecule has 0 heterocycles. The zero-order chi connectivity index (χ0) is 18.1. The average Bonchev–Trinajstić information content (AvgIpc) is 3.12. The first kappa shape index (κ1) is 19.1. The predicted octanol–water partition coefficient (Wildman–Crippen LogP) is 2.10. The van der Waals surface area contributed by atoms with E-state index in [0.29, 0.717) is 35.5 Å². The van der Waals surface area contributed by atoms with Crippen molar-refractivity contribution in [3.05, 3.63) is 35.9 Å². The van der Waals surface area contributed by atoms with E-state index in [2.05, 4.69) is 28.3 Å². The van der Waals surface area contributed by atoms with E-state index in [4.69, 9.17) is 21.7 Å². The van der Waals surface area contributed by atoms with Crippen LogP contribution in [0.5, 0.6) is 11.5 Å². The van der Waals surface area contributed by atoms with E-state index in [-0.39, 0.29) is 5.91 Å². The van der Waals surface area contributed by atoms with Crippen LogP contribution in [-0.2, 0) is 11.2 Å². The molecular formula is C18H25N3O3S. The van der Waals surface area contributed by atoms with Gasteiger partial charge >= 0.3 is 0 Å². The average molecular weight is 363 g/mol. The number of hydrogen-bond acceptors (Lipinski definition) is 4. The van der Waals surface area contributed by atoms with Crippen LogP contribution in [0.25, 0.3) is 0 Å². The molecule has 0 saturated carbocycles. The van der Waals surface area contributed by atoms with Crippen molar-refractivity contribution >= 4 is 23.2 Å². The minimum Gasteiger partial charge on any atom is -0.493 e. The molecular weight excluding hydrogens is 338 g/mol. The highest BCUT2D eigenvalue weighted by Gasteiger charge is 2.13. The molecule has 1 aliphatic rings. The molecule has 0 aliphatic heterocycles. The van der Waals surface area contributed by atoms with Crippen molar-refractivity contribution in [3.63, 3.8) is 0 Å². The maximum Gasteiger partial charge on any atom is 0.238 e. The third-order valence-corrected chi connectivity index (χ3v) is 4.27. The molecule has 0 unspecified atom stereocenters. The number of ether oxygens (including phenoxy) is 2. The SMILES string of the molecule is COc1ccc(CCNC(=S)NNC(=O)C[C@@H]2C=CCC2)cc1OC. The Labute approximate surface area is 153 Å². The molecule has 0 saturated heterocycles. The van der Waals surface area contributed by atoms with Gasteiger partial charge in [0.2, 0.25) is 5.91 Å². The predicted molar refractivity (Wildman–Crippen MR) is 102 cm³/mol. The second-order valence-electron chi connectivity index (χ2n) is 5.84. The zero-order valence-corrected chi connectivity index (χ0v) is 15.4. The fraction of sp³-hybridized carbons (Fsp3) is 0.444. The molecule has 0 aromatic heterocycles. The Hall–Kier alpha value is -2.28. The smallest absolute Gasteiger partial charge is 0.238 e. The maximum atomic E-state index is 11.8. The lowest BCUT2D eigenvalue weighted by atomic mass is 10.1. The third-order valence-electron chi connectivity index (χ3n) is 4.02. The van der Waals surface area contributed by atoms with Crippen molar-refractivity contribution in [2.75, 3.05) is 20.8 Å². The van der Waals surface area contributed by atoms with Gasteiger partial charge in [-0.3, -0.25) is 15.6 Å². The highest BCUT2D eigenvalue weighted by Crippen LogP contribution is 2.27. The van der Waals surface area contributed by atoms with E-state index in [1.807, 2.05) is 18.2 Å². The summed E-state index contributed by atoms with van der Waals surface area (Å²) in [4.78, 5) is 11.8. The topological polar surface area (TPSA) is 71.6 Å². The van der Waals surface area contributed by atoms with Gasteiger partial charge in [0.05, 0.1) is 14.2 Å². The van der Waals surface area contributed by atoms with Gasteiger partial charge in [-0.15, -0.1) is 0 Å². The number of hydrazine groups is 1. The Bertz CT molecular complexity index is 634. The van der Waals surface area contributed by atoms with E-state index in [9.17, 15) is 4.79 Å². The summed E-state index contributed by atoms with van der Waals surface area (Å²) in [6.45, 7) is 0.641. The summed E-state index contributed by atoms with van der Waals surface area (Å²) in [5.74, 6) is 1.69. The Morgan fingerprint density at radius 1 is 1.24 bits per heavy atom. The number of hydrogen-bond donors (Lipinski definition) is 3. The van der Waals surface area contributed by atoms with Crippen molar-refractivity contribution < 1.29 is 14.3 Å². The molecule has 0 radical (unpaired) electrons. The Morgan fingerprint density at radius 2 is 2.04 bits per heavy atom. The molecule has 0 bridgehead atoms. The first-order valence-corrected chi connectivity index (χ1v) is 8.73. The largest absolute Gasteiger partial charge is 0.493 e. The summed E-state index contributed by atoms with van der Waals surface area (Å²) in [5.41, 5.74) is 6.47. The van der Waals surface area contributed by atoms with Crippen molar-refractivity contribution in [1.29, 1.82) is 0 Å². The van der Waals surface area contributed by atoms with Gasteiger partial charge in [-0.1, -0.05) is 18.2 Å². The number of carbonyl (C=O) groups excluding carboxylic acids is 1. The van der Waals surface area contributed by atoms with Crippen LogP contribution in [0.3, 0.4) is 0 Å². The lowest BCUT2D eigenvalue weighted by Crippen LogP contribution is -2.47. The number of carbonyl (C=O) groups is 1. The number of benzene rings is 1. The highest BCUT2D eigenvalue weighted by molar-refractivity contribution is 7.80. The number of allylic oxidation sites excluding steroid dienone is 2. The molecule has 1 aromatic rings. The lowest BCUT2D eigenvalue weighted by molar-refractivity contribution is -0.122. The highest BCUT2D eigenvalue weighted by atomic mass is 32.1. The van der Waals surface area contributed by atoms with Gasteiger partial charge in [-0.25, -0.2) is 0 Å². The minimum absolute atomic E-state index is 0.0550. The van der Waals surface area contributed by atoms with Crippen LogP contribution in [0.15, 0.2) is 30.4 Å². The molecule has 7 heteroatoms. The monoisotopic (exact) mass is 363 g/mol. The summed E-state index contributed by atoms with van der Waals surface area (Å²) in [7, 11) is 3.23. The van der Waals surface area contributed by atoms with E-state index in [1.165, 1.54) is 0 Å². The van der Waals surface area contributed by atoms with Gasteiger partial charge in [-0.2, -0.15) is 0 Å². The molecule has 1 amide bonds. The van der Waals surface area contributed by atoms with Crippen LogP contribution in [0.4, 0.5) is 0 Å². The van der Waals surface area contributed by atoms with Crippen LogP contribution in [0.1, 0.15) is 24.8 Å². The van der Waals surface area contributed by atoms with Crippen LogP contribution in [0.2, 0.25) is 0 Å². The third kappa shape index (κ3) is 6.26.